The molecule has 2 rings (SSSR count). The van der Waals surface area contributed by atoms with Crippen molar-refractivity contribution in [1.29, 1.82) is 0 Å². The average Bonchev–Trinajstić information content (AvgIpc) is 2.68. The predicted molar refractivity (Wildman–Crippen MR) is 130 cm³/mol. The van der Waals surface area contributed by atoms with Crippen molar-refractivity contribution in [1.82, 2.24) is 5.32 Å². The standard InChI is InChI=1S/C18H16I2NO6PS/c19-28(20)29-27-10-11-5-7-12(8-6-11)15(18(25)26)9-21-16(22)13-3-1-2-4-14(13)17(23)24/h1-8,15H,9-10H2,(H,21,22)(H,23,24)(H,25,26). The molecule has 0 aromatic heterocycles. The van der Waals surface area contributed by atoms with E-state index in [0.29, 0.717) is 12.2 Å². The zero-order chi connectivity index (χ0) is 21.4. The Bertz CT molecular complexity index is 881. The molecule has 1 atom stereocenters. The summed E-state index contributed by atoms with van der Waals surface area (Å²) in [4.78, 5) is 35.3. The molecule has 0 saturated carbocycles. The number of carboxylic acid groups (broad SMARTS) is 2. The van der Waals surface area contributed by atoms with Crippen molar-refractivity contribution in [3.63, 3.8) is 0 Å². The summed E-state index contributed by atoms with van der Waals surface area (Å²) in [5.74, 6) is -3.90. The van der Waals surface area contributed by atoms with Crippen LogP contribution in [0.1, 0.15) is 37.8 Å². The highest BCUT2D eigenvalue weighted by molar-refractivity contribution is 14.3. The number of nitrogens with one attached hydrogen (secondary N) is 1. The van der Waals surface area contributed by atoms with E-state index in [1.165, 1.54) is 29.9 Å². The van der Waals surface area contributed by atoms with Crippen LogP contribution in [0.2, 0.25) is 0 Å². The van der Waals surface area contributed by atoms with Crippen LogP contribution in [0, 0.1) is 0 Å². The maximum Gasteiger partial charge on any atom is 0.336 e. The van der Waals surface area contributed by atoms with Gasteiger partial charge in [0.05, 0.1) is 23.7 Å². The monoisotopic (exact) mass is 659 g/mol. The number of amides is 1. The van der Waals surface area contributed by atoms with E-state index in [4.69, 9.17) is 4.18 Å². The van der Waals surface area contributed by atoms with E-state index in [1.54, 1.807) is 30.3 Å². The largest absolute Gasteiger partial charge is 0.481 e. The Morgan fingerprint density at radius 2 is 1.66 bits per heavy atom. The normalized spacial score (nSPS) is 11.8. The van der Waals surface area contributed by atoms with E-state index in [2.05, 4.69) is 49.4 Å². The molecule has 3 N–H and O–H groups in total. The van der Waals surface area contributed by atoms with Gasteiger partial charge in [-0.05, 0) is 67.3 Å². The van der Waals surface area contributed by atoms with Crippen molar-refractivity contribution in [2.24, 2.45) is 0 Å². The SMILES string of the molecule is O=C(O)c1ccccc1C(=O)NCC(C(=O)O)c1ccc(COSP(I)I)cc1. The summed E-state index contributed by atoms with van der Waals surface area (Å²) in [6.45, 7) is 0.248. The molecular weight excluding hydrogens is 643 g/mol. The lowest BCUT2D eigenvalue weighted by Gasteiger charge is -2.15. The molecule has 1 amide bonds. The van der Waals surface area contributed by atoms with E-state index >= 15 is 0 Å². The summed E-state index contributed by atoms with van der Waals surface area (Å²) in [7, 11) is 0. The second-order valence-electron chi connectivity index (χ2n) is 5.73. The van der Waals surface area contributed by atoms with Crippen molar-refractivity contribution >= 4 is 76.0 Å². The van der Waals surface area contributed by atoms with Crippen LogP contribution in [0.5, 0.6) is 0 Å². The van der Waals surface area contributed by atoms with E-state index in [9.17, 15) is 24.6 Å². The molecule has 0 aliphatic carbocycles. The van der Waals surface area contributed by atoms with Gasteiger partial charge in [0.2, 0.25) is 0 Å². The van der Waals surface area contributed by atoms with Gasteiger partial charge in [0.15, 0.2) is 0 Å². The van der Waals surface area contributed by atoms with Gasteiger partial charge in [-0.2, -0.15) is 0 Å². The maximum atomic E-state index is 12.4. The molecular formula is C18H16I2NO6PS. The Morgan fingerprint density at radius 3 is 2.21 bits per heavy atom. The van der Waals surface area contributed by atoms with Crippen LogP contribution in [-0.4, -0.2) is 34.6 Å². The molecule has 0 aliphatic heterocycles. The van der Waals surface area contributed by atoms with Gasteiger partial charge in [0.1, 0.15) is 2.41 Å². The van der Waals surface area contributed by atoms with Crippen LogP contribution < -0.4 is 5.32 Å². The predicted octanol–water partition coefficient (Wildman–Crippen LogP) is 5.24. The van der Waals surface area contributed by atoms with Crippen LogP contribution in [0.15, 0.2) is 48.5 Å². The summed E-state index contributed by atoms with van der Waals surface area (Å²) in [6.07, 6.45) is 0. The van der Waals surface area contributed by atoms with Crippen molar-refractivity contribution < 1.29 is 28.8 Å². The lowest BCUT2D eigenvalue weighted by atomic mass is 9.97. The van der Waals surface area contributed by atoms with Gasteiger partial charge in [-0.3, -0.25) is 9.59 Å². The van der Waals surface area contributed by atoms with Gasteiger partial charge >= 0.3 is 11.9 Å². The molecule has 11 heteroatoms. The van der Waals surface area contributed by atoms with Crippen molar-refractivity contribution in [3.8, 4) is 0 Å². The molecule has 2 aromatic rings. The van der Waals surface area contributed by atoms with Crippen LogP contribution >= 0.6 is 58.2 Å². The number of rotatable bonds is 10. The number of carbonyl (C=O) groups is 3. The molecule has 2 aromatic carbocycles. The lowest BCUT2D eigenvalue weighted by Crippen LogP contribution is -2.32. The fraction of sp³-hybridized carbons (Fsp3) is 0.167. The number of aromatic carboxylic acids is 1. The highest BCUT2D eigenvalue weighted by Crippen LogP contribution is 2.65. The zero-order valence-electron chi connectivity index (χ0n) is 14.7. The molecule has 0 saturated heterocycles. The third-order valence-corrected chi connectivity index (χ3v) is 7.77. The van der Waals surface area contributed by atoms with Crippen LogP contribution in [-0.2, 0) is 15.6 Å². The summed E-state index contributed by atoms with van der Waals surface area (Å²) in [6, 6.07) is 12.7. The number of halogens is 2. The first kappa shape index (κ1) is 24.3. The lowest BCUT2D eigenvalue weighted by molar-refractivity contribution is -0.138. The second kappa shape index (κ2) is 12.0. The highest BCUT2D eigenvalue weighted by atomic mass is 127. The quantitative estimate of drug-likeness (QED) is 0.182. The summed E-state index contributed by atoms with van der Waals surface area (Å²) in [5.41, 5.74) is 1.29. The first-order valence-corrected chi connectivity index (χ1v) is 16.4. The van der Waals surface area contributed by atoms with Crippen LogP contribution in [0.3, 0.4) is 0 Å². The summed E-state index contributed by atoms with van der Waals surface area (Å²) < 4.78 is 5.22. The molecule has 0 fully saturated rings. The molecule has 0 bridgehead atoms. The molecule has 0 radical (unpaired) electrons. The minimum absolute atomic E-state index is 0.0142. The Hall–Kier alpha value is -0.950. The minimum atomic E-state index is -1.22. The molecule has 0 aliphatic rings. The Kier molecular flexibility index (Phi) is 10.1. The topological polar surface area (TPSA) is 113 Å². The highest BCUT2D eigenvalue weighted by Gasteiger charge is 2.22. The molecule has 7 nitrogen and oxygen atoms in total. The van der Waals surface area contributed by atoms with E-state index < -0.39 is 23.8 Å². The Morgan fingerprint density at radius 1 is 1.03 bits per heavy atom. The van der Waals surface area contributed by atoms with E-state index in [1.807, 2.05) is 0 Å². The molecule has 1 unspecified atom stereocenters. The smallest absolute Gasteiger partial charge is 0.336 e. The third-order valence-electron chi connectivity index (χ3n) is 3.88. The van der Waals surface area contributed by atoms with Gasteiger partial charge in [0, 0.05) is 18.2 Å². The van der Waals surface area contributed by atoms with Gasteiger partial charge in [-0.25, -0.2) is 4.79 Å². The number of carboxylic acids is 2. The Labute approximate surface area is 198 Å². The molecule has 29 heavy (non-hydrogen) atoms. The van der Waals surface area contributed by atoms with E-state index in [0.717, 1.165) is 5.56 Å². The number of hydrogen-bond acceptors (Lipinski definition) is 5. The average molecular weight is 659 g/mol. The van der Waals surface area contributed by atoms with Crippen molar-refractivity contribution in [2.75, 3.05) is 6.54 Å². The van der Waals surface area contributed by atoms with Crippen molar-refractivity contribution in [2.45, 2.75) is 12.5 Å². The molecule has 0 heterocycles. The fourth-order valence-electron chi connectivity index (χ4n) is 2.49. The van der Waals surface area contributed by atoms with Crippen LogP contribution in [0.4, 0.5) is 0 Å². The van der Waals surface area contributed by atoms with Gasteiger partial charge in [-0.15, -0.1) is 0 Å². The van der Waals surface area contributed by atoms with E-state index in [-0.39, 0.29) is 20.1 Å². The van der Waals surface area contributed by atoms with Crippen molar-refractivity contribution in [3.05, 3.63) is 70.8 Å². The first-order chi connectivity index (χ1) is 13.8. The molecule has 0 spiro atoms. The number of benzene rings is 2. The first-order valence-electron chi connectivity index (χ1n) is 8.13. The summed E-state index contributed by atoms with van der Waals surface area (Å²) >= 11 is 5.98. The maximum absolute atomic E-state index is 12.4. The number of carbonyl (C=O) groups excluding carboxylic acids is 1. The van der Waals surface area contributed by atoms with Gasteiger partial charge in [0.25, 0.3) is 5.91 Å². The van der Waals surface area contributed by atoms with Gasteiger partial charge < -0.3 is 19.7 Å². The van der Waals surface area contributed by atoms with Gasteiger partial charge in [-0.1, -0.05) is 36.4 Å². The zero-order valence-corrected chi connectivity index (χ0v) is 20.8. The minimum Gasteiger partial charge on any atom is -0.481 e. The molecule has 154 valence electrons. The number of hydrogen-bond donors (Lipinski definition) is 3. The fourth-order valence-corrected chi connectivity index (χ4v) is 5.20. The number of aliphatic carboxylic acids is 1. The second-order valence-corrected chi connectivity index (χ2v) is 23.3. The van der Waals surface area contributed by atoms with Crippen LogP contribution in [0.25, 0.3) is 0 Å². The summed E-state index contributed by atoms with van der Waals surface area (Å²) in [5, 5.41) is 21.3. The third kappa shape index (κ3) is 7.67. The Balaban J connectivity index is 2.04.